The standard InChI is InChI=1S/C18H17ClN2O5S/c1-12(22)17(21-27(24,25)16-8-6-15(19)7-9-16)18(23)26-11-14-5-3-2-4-13(14)10-20/h2-9,12,17,21-22H,11H2,1H3/t12-,17+/m0/s1. The molecular formula is C18H17ClN2O5S. The second kappa shape index (κ2) is 8.97. The van der Waals surface area contributed by atoms with E-state index in [1.54, 1.807) is 24.3 Å². The van der Waals surface area contributed by atoms with E-state index in [-0.39, 0.29) is 11.5 Å². The summed E-state index contributed by atoms with van der Waals surface area (Å²) in [4.78, 5) is 12.2. The van der Waals surface area contributed by atoms with Crippen molar-refractivity contribution in [2.75, 3.05) is 0 Å². The molecule has 2 N–H and O–H groups in total. The number of hydrogen-bond acceptors (Lipinski definition) is 6. The average Bonchev–Trinajstić information content (AvgIpc) is 2.64. The van der Waals surface area contributed by atoms with Gasteiger partial charge in [-0.2, -0.15) is 9.98 Å². The summed E-state index contributed by atoms with van der Waals surface area (Å²) >= 11 is 5.74. The molecule has 0 fully saturated rings. The van der Waals surface area contributed by atoms with E-state index in [1.807, 2.05) is 6.07 Å². The highest BCUT2D eigenvalue weighted by Gasteiger charge is 2.31. The monoisotopic (exact) mass is 408 g/mol. The van der Waals surface area contributed by atoms with E-state index in [4.69, 9.17) is 21.6 Å². The lowest BCUT2D eigenvalue weighted by Crippen LogP contribution is -2.48. The van der Waals surface area contributed by atoms with Crippen molar-refractivity contribution in [2.45, 2.75) is 30.6 Å². The molecule has 0 aliphatic rings. The Morgan fingerprint density at radius 2 is 1.89 bits per heavy atom. The first-order chi connectivity index (χ1) is 12.7. The Morgan fingerprint density at radius 3 is 2.48 bits per heavy atom. The number of sulfonamides is 1. The Bertz CT molecular complexity index is 952. The maximum atomic E-state index is 12.4. The predicted octanol–water partition coefficient (Wildman–Crippen LogP) is 1.98. The highest BCUT2D eigenvalue weighted by molar-refractivity contribution is 7.89. The third-order valence-electron chi connectivity index (χ3n) is 3.65. The predicted molar refractivity (Wildman–Crippen MR) is 98.2 cm³/mol. The Hall–Kier alpha value is -2.44. The van der Waals surface area contributed by atoms with Gasteiger partial charge in [-0.05, 0) is 37.3 Å². The summed E-state index contributed by atoms with van der Waals surface area (Å²) in [5.41, 5.74) is 0.805. The summed E-state index contributed by atoms with van der Waals surface area (Å²) in [6.45, 7) is 1.04. The molecule has 9 heteroatoms. The van der Waals surface area contributed by atoms with Crippen LogP contribution in [0.3, 0.4) is 0 Å². The van der Waals surface area contributed by atoms with Gasteiger partial charge in [0.1, 0.15) is 12.6 Å². The van der Waals surface area contributed by atoms with Crippen LogP contribution in [0.25, 0.3) is 0 Å². The number of esters is 1. The van der Waals surface area contributed by atoms with Gasteiger partial charge in [0.05, 0.1) is 22.6 Å². The fourth-order valence-corrected chi connectivity index (χ4v) is 3.57. The molecule has 0 aliphatic heterocycles. The Kier molecular flexibility index (Phi) is 6.93. The van der Waals surface area contributed by atoms with Gasteiger partial charge in [0.15, 0.2) is 0 Å². The average molecular weight is 409 g/mol. The molecule has 2 aromatic carbocycles. The maximum absolute atomic E-state index is 12.4. The van der Waals surface area contributed by atoms with E-state index < -0.39 is 28.1 Å². The maximum Gasteiger partial charge on any atom is 0.327 e. The molecule has 0 saturated heterocycles. The van der Waals surface area contributed by atoms with Gasteiger partial charge in [0.2, 0.25) is 10.0 Å². The summed E-state index contributed by atoms with van der Waals surface area (Å²) in [6, 6.07) is 12.3. The molecule has 7 nitrogen and oxygen atoms in total. The van der Waals surface area contributed by atoms with Crippen LogP contribution in [0.4, 0.5) is 0 Å². The topological polar surface area (TPSA) is 116 Å². The molecule has 2 aromatic rings. The van der Waals surface area contributed by atoms with E-state index in [0.717, 1.165) is 0 Å². The zero-order valence-electron chi connectivity index (χ0n) is 14.3. The number of nitrogens with zero attached hydrogens (tertiary/aromatic N) is 1. The van der Waals surface area contributed by atoms with Crippen LogP contribution in [-0.2, 0) is 26.2 Å². The number of hydrogen-bond donors (Lipinski definition) is 2. The first-order valence-electron chi connectivity index (χ1n) is 7.85. The van der Waals surface area contributed by atoms with E-state index >= 15 is 0 Å². The second-order valence-corrected chi connectivity index (χ2v) is 7.82. The molecule has 0 radical (unpaired) electrons. The van der Waals surface area contributed by atoms with Crippen LogP contribution >= 0.6 is 11.6 Å². The molecule has 0 bridgehead atoms. The summed E-state index contributed by atoms with van der Waals surface area (Å²) in [7, 11) is -4.08. The van der Waals surface area contributed by atoms with Crippen molar-refractivity contribution >= 4 is 27.6 Å². The quantitative estimate of drug-likeness (QED) is 0.676. The zero-order valence-corrected chi connectivity index (χ0v) is 15.9. The van der Waals surface area contributed by atoms with Crippen LogP contribution in [-0.4, -0.2) is 31.6 Å². The van der Waals surface area contributed by atoms with Crippen molar-refractivity contribution in [1.29, 1.82) is 5.26 Å². The lowest BCUT2D eigenvalue weighted by Gasteiger charge is -2.20. The summed E-state index contributed by atoms with van der Waals surface area (Å²) in [5.74, 6) is -0.963. The molecule has 2 rings (SSSR count). The Balaban J connectivity index is 2.13. The molecule has 0 amide bonds. The fraction of sp³-hybridized carbons (Fsp3) is 0.222. The van der Waals surface area contributed by atoms with E-state index in [1.165, 1.54) is 31.2 Å². The van der Waals surface area contributed by atoms with E-state index in [2.05, 4.69) is 4.72 Å². The molecule has 0 spiro atoms. The van der Waals surface area contributed by atoms with Crippen molar-refractivity contribution in [1.82, 2.24) is 4.72 Å². The third-order valence-corrected chi connectivity index (χ3v) is 5.36. The van der Waals surface area contributed by atoms with Crippen molar-refractivity contribution < 1.29 is 23.1 Å². The second-order valence-electron chi connectivity index (χ2n) is 5.67. The van der Waals surface area contributed by atoms with Gasteiger partial charge in [-0.15, -0.1) is 0 Å². The molecule has 0 aliphatic carbocycles. The van der Waals surface area contributed by atoms with Gasteiger partial charge in [-0.25, -0.2) is 8.42 Å². The van der Waals surface area contributed by atoms with Gasteiger partial charge in [0.25, 0.3) is 0 Å². The number of carbonyl (C=O) groups is 1. The molecule has 0 heterocycles. The Morgan fingerprint density at radius 1 is 1.26 bits per heavy atom. The van der Waals surface area contributed by atoms with Gasteiger partial charge < -0.3 is 9.84 Å². The lowest BCUT2D eigenvalue weighted by atomic mass is 10.1. The highest BCUT2D eigenvalue weighted by Crippen LogP contribution is 2.15. The zero-order chi connectivity index (χ0) is 20.0. The molecule has 27 heavy (non-hydrogen) atoms. The van der Waals surface area contributed by atoms with Gasteiger partial charge >= 0.3 is 5.97 Å². The summed E-state index contributed by atoms with van der Waals surface area (Å²) in [6.07, 6.45) is -1.34. The van der Waals surface area contributed by atoms with Crippen LogP contribution in [0.2, 0.25) is 5.02 Å². The normalized spacial score (nSPS) is 13.4. The number of nitriles is 1. The van der Waals surface area contributed by atoms with Crippen LogP contribution in [0, 0.1) is 11.3 Å². The van der Waals surface area contributed by atoms with Gasteiger partial charge in [-0.1, -0.05) is 29.8 Å². The van der Waals surface area contributed by atoms with Crippen molar-refractivity contribution in [3.05, 3.63) is 64.7 Å². The van der Waals surface area contributed by atoms with Crippen molar-refractivity contribution in [3.8, 4) is 6.07 Å². The van der Waals surface area contributed by atoms with Crippen LogP contribution in [0.1, 0.15) is 18.1 Å². The van der Waals surface area contributed by atoms with Crippen LogP contribution < -0.4 is 4.72 Å². The van der Waals surface area contributed by atoms with Gasteiger partial charge in [-0.3, -0.25) is 4.79 Å². The Labute approximate surface area is 162 Å². The minimum absolute atomic E-state index is 0.111. The van der Waals surface area contributed by atoms with Gasteiger partial charge in [0, 0.05) is 10.6 Å². The van der Waals surface area contributed by atoms with Crippen LogP contribution in [0.15, 0.2) is 53.4 Å². The highest BCUT2D eigenvalue weighted by atomic mass is 35.5. The smallest absolute Gasteiger partial charge is 0.327 e. The number of carbonyl (C=O) groups excluding carboxylic acids is 1. The minimum Gasteiger partial charge on any atom is -0.460 e. The first kappa shape index (κ1) is 20.9. The van der Waals surface area contributed by atoms with E-state index in [0.29, 0.717) is 16.1 Å². The summed E-state index contributed by atoms with van der Waals surface area (Å²) < 4.78 is 32.1. The van der Waals surface area contributed by atoms with E-state index in [9.17, 15) is 18.3 Å². The number of halogens is 1. The fourth-order valence-electron chi connectivity index (χ4n) is 2.19. The largest absolute Gasteiger partial charge is 0.460 e. The number of ether oxygens (including phenoxy) is 1. The number of nitrogens with one attached hydrogen (secondary N) is 1. The van der Waals surface area contributed by atoms with Crippen molar-refractivity contribution in [3.63, 3.8) is 0 Å². The lowest BCUT2D eigenvalue weighted by molar-refractivity contribution is -0.149. The molecule has 142 valence electrons. The number of aliphatic hydroxyl groups is 1. The molecule has 0 aromatic heterocycles. The number of aliphatic hydroxyl groups excluding tert-OH is 1. The first-order valence-corrected chi connectivity index (χ1v) is 9.71. The molecular weight excluding hydrogens is 392 g/mol. The molecule has 0 unspecified atom stereocenters. The number of benzene rings is 2. The van der Waals surface area contributed by atoms with Crippen LogP contribution in [0.5, 0.6) is 0 Å². The third kappa shape index (κ3) is 5.52. The SMILES string of the molecule is C[C@H](O)[C@@H](NS(=O)(=O)c1ccc(Cl)cc1)C(=O)OCc1ccccc1C#N. The van der Waals surface area contributed by atoms with Crippen molar-refractivity contribution in [2.24, 2.45) is 0 Å². The minimum atomic E-state index is -4.08. The molecule has 2 atom stereocenters. The summed E-state index contributed by atoms with van der Waals surface area (Å²) in [5, 5.41) is 19.2. The molecule has 0 saturated carbocycles. The number of rotatable bonds is 7.